The molecule has 2 rings (SSSR count). The smallest absolute Gasteiger partial charge is 0.214 e. The molecule has 19 heavy (non-hydrogen) atoms. The standard InChI is InChI=1S/C16H20O2Si/c1-19(2,15(17)13-9-5-3-6-10-13)16(18)14-11-7-4-8-12-14/h3,5-6,9-11H,4,7-8,12H2,1-2H3. The number of benzene rings is 1. The second kappa shape index (κ2) is 5.66. The molecular formula is C16H20O2Si. The molecule has 0 N–H and O–H groups in total. The molecule has 1 aliphatic carbocycles. The fourth-order valence-electron chi connectivity index (χ4n) is 2.50. The number of carbonyl (C=O) groups excluding carboxylic acids is 2. The van der Waals surface area contributed by atoms with E-state index in [2.05, 4.69) is 0 Å². The Morgan fingerprint density at radius 2 is 1.68 bits per heavy atom. The van der Waals surface area contributed by atoms with Crippen molar-refractivity contribution in [3.05, 3.63) is 47.5 Å². The number of hydrogen-bond acceptors (Lipinski definition) is 2. The summed E-state index contributed by atoms with van der Waals surface area (Å²) in [7, 11) is -2.58. The Labute approximate surface area is 115 Å². The van der Waals surface area contributed by atoms with Crippen LogP contribution in [0.3, 0.4) is 0 Å². The summed E-state index contributed by atoms with van der Waals surface area (Å²) in [6.45, 7) is 3.75. The molecule has 1 aromatic carbocycles. The maximum atomic E-state index is 12.6. The molecule has 0 saturated heterocycles. The van der Waals surface area contributed by atoms with Gasteiger partial charge in [0.1, 0.15) is 10.8 Å². The first kappa shape index (κ1) is 13.9. The van der Waals surface area contributed by atoms with Crippen LogP contribution < -0.4 is 0 Å². The van der Waals surface area contributed by atoms with Gasteiger partial charge in [-0.3, -0.25) is 9.59 Å². The van der Waals surface area contributed by atoms with E-state index >= 15 is 0 Å². The Morgan fingerprint density at radius 1 is 1.00 bits per heavy atom. The summed E-state index contributed by atoms with van der Waals surface area (Å²) in [5.41, 5.74) is 1.57. The number of rotatable bonds is 4. The van der Waals surface area contributed by atoms with Gasteiger partial charge < -0.3 is 0 Å². The third kappa shape index (κ3) is 2.92. The van der Waals surface area contributed by atoms with Crippen LogP contribution in [0.1, 0.15) is 36.0 Å². The highest BCUT2D eigenvalue weighted by Crippen LogP contribution is 2.24. The van der Waals surface area contributed by atoms with Gasteiger partial charge in [-0.15, -0.1) is 0 Å². The van der Waals surface area contributed by atoms with E-state index in [0.717, 1.165) is 31.3 Å². The Kier molecular flexibility index (Phi) is 4.15. The molecule has 0 radical (unpaired) electrons. The second-order valence-corrected chi connectivity index (χ2v) is 9.78. The van der Waals surface area contributed by atoms with Gasteiger partial charge in [-0.2, -0.15) is 0 Å². The molecule has 100 valence electrons. The number of hydrogen-bond donors (Lipinski definition) is 0. The van der Waals surface area contributed by atoms with Crippen molar-refractivity contribution in [1.29, 1.82) is 0 Å². The fourth-order valence-corrected chi connectivity index (χ4v) is 4.62. The van der Waals surface area contributed by atoms with Crippen molar-refractivity contribution < 1.29 is 9.59 Å². The van der Waals surface area contributed by atoms with Gasteiger partial charge in [0.15, 0.2) is 0 Å². The van der Waals surface area contributed by atoms with Gasteiger partial charge >= 0.3 is 0 Å². The van der Waals surface area contributed by atoms with Crippen molar-refractivity contribution in [2.75, 3.05) is 0 Å². The first-order chi connectivity index (χ1) is 9.03. The Balaban J connectivity index is 2.24. The van der Waals surface area contributed by atoms with Crippen molar-refractivity contribution in [2.45, 2.75) is 38.8 Å². The SMILES string of the molecule is C[Si](C)(C(=O)C1=CCCCC1)C(=O)c1ccccc1. The third-order valence-electron chi connectivity index (χ3n) is 3.75. The molecule has 2 nitrogen and oxygen atoms in total. The Morgan fingerprint density at radius 3 is 2.26 bits per heavy atom. The van der Waals surface area contributed by atoms with Crippen LogP contribution in [-0.4, -0.2) is 18.9 Å². The van der Waals surface area contributed by atoms with Gasteiger partial charge in [-0.1, -0.05) is 49.5 Å². The summed E-state index contributed by atoms with van der Waals surface area (Å²) in [6, 6.07) is 9.19. The summed E-state index contributed by atoms with van der Waals surface area (Å²) in [5.74, 6) is 0. The minimum absolute atomic E-state index is 0.0459. The van der Waals surface area contributed by atoms with Crippen LogP contribution in [0.5, 0.6) is 0 Å². The molecule has 0 spiro atoms. The van der Waals surface area contributed by atoms with E-state index in [9.17, 15) is 9.59 Å². The Bertz CT molecular complexity index is 515. The molecule has 0 saturated carbocycles. The van der Waals surface area contributed by atoms with Crippen LogP contribution >= 0.6 is 0 Å². The van der Waals surface area contributed by atoms with E-state index in [4.69, 9.17) is 0 Å². The van der Waals surface area contributed by atoms with Gasteiger partial charge in [-0.25, -0.2) is 0 Å². The van der Waals surface area contributed by atoms with Gasteiger partial charge in [0.25, 0.3) is 0 Å². The molecule has 0 aromatic heterocycles. The molecule has 0 unspecified atom stereocenters. The largest absolute Gasteiger partial charge is 0.300 e. The molecule has 3 heteroatoms. The number of carbonyl (C=O) groups is 2. The zero-order valence-corrected chi connectivity index (χ0v) is 12.6. The van der Waals surface area contributed by atoms with Gasteiger partial charge in [0.05, 0.1) is 0 Å². The quantitative estimate of drug-likeness (QED) is 0.783. The predicted molar refractivity (Wildman–Crippen MR) is 79.8 cm³/mol. The fraction of sp³-hybridized carbons (Fsp3) is 0.375. The average Bonchev–Trinajstić information content (AvgIpc) is 2.47. The lowest BCUT2D eigenvalue weighted by Gasteiger charge is -2.22. The zero-order chi connectivity index (χ0) is 13.9. The van der Waals surface area contributed by atoms with Crippen LogP contribution in [-0.2, 0) is 4.79 Å². The van der Waals surface area contributed by atoms with Crippen molar-refractivity contribution in [3.63, 3.8) is 0 Å². The minimum atomic E-state index is -2.58. The summed E-state index contributed by atoms with van der Waals surface area (Å²) in [4.78, 5) is 25.2. The maximum absolute atomic E-state index is 12.6. The monoisotopic (exact) mass is 272 g/mol. The van der Waals surface area contributed by atoms with Crippen LogP contribution in [0, 0.1) is 0 Å². The van der Waals surface area contributed by atoms with Crippen molar-refractivity contribution in [3.8, 4) is 0 Å². The van der Waals surface area contributed by atoms with E-state index in [1.807, 2.05) is 37.4 Å². The second-order valence-electron chi connectivity index (χ2n) is 5.62. The molecule has 0 amide bonds. The third-order valence-corrected chi connectivity index (χ3v) is 6.63. The van der Waals surface area contributed by atoms with E-state index < -0.39 is 8.07 Å². The first-order valence-corrected chi connectivity index (χ1v) is 9.87. The summed E-state index contributed by atoms with van der Waals surface area (Å²) in [5, 5.41) is 0.172. The normalized spacial score (nSPS) is 15.8. The van der Waals surface area contributed by atoms with E-state index in [1.165, 1.54) is 0 Å². The predicted octanol–water partition coefficient (Wildman–Crippen LogP) is 3.73. The first-order valence-electron chi connectivity index (χ1n) is 6.87. The molecular weight excluding hydrogens is 252 g/mol. The van der Waals surface area contributed by atoms with Crippen LogP contribution in [0.15, 0.2) is 42.0 Å². The molecule has 0 heterocycles. The minimum Gasteiger partial charge on any atom is -0.300 e. The molecule has 1 aromatic rings. The average molecular weight is 272 g/mol. The zero-order valence-electron chi connectivity index (χ0n) is 11.6. The van der Waals surface area contributed by atoms with Crippen molar-refractivity contribution in [1.82, 2.24) is 0 Å². The van der Waals surface area contributed by atoms with E-state index in [0.29, 0.717) is 5.56 Å². The lowest BCUT2D eigenvalue weighted by Crippen LogP contribution is -2.47. The van der Waals surface area contributed by atoms with Crippen molar-refractivity contribution >= 4 is 18.9 Å². The highest BCUT2D eigenvalue weighted by molar-refractivity contribution is 7.26. The lowest BCUT2D eigenvalue weighted by molar-refractivity contribution is -0.109. The van der Waals surface area contributed by atoms with Crippen molar-refractivity contribution in [2.24, 2.45) is 0 Å². The molecule has 0 aliphatic heterocycles. The van der Waals surface area contributed by atoms with Gasteiger partial charge in [0.2, 0.25) is 8.07 Å². The molecule has 0 bridgehead atoms. The lowest BCUT2D eigenvalue weighted by atomic mass is 10.0. The molecule has 1 aliphatic rings. The van der Waals surface area contributed by atoms with Crippen LogP contribution in [0.4, 0.5) is 0 Å². The topological polar surface area (TPSA) is 34.1 Å². The Hall–Kier alpha value is -1.48. The van der Waals surface area contributed by atoms with E-state index in [-0.39, 0.29) is 10.8 Å². The molecule has 0 fully saturated rings. The summed E-state index contributed by atoms with van der Waals surface area (Å²) < 4.78 is 0. The van der Waals surface area contributed by atoms with Gasteiger partial charge in [0, 0.05) is 5.56 Å². The number of allylic oxidation sites excluding steroid dienone is 2. The maximum Gasteiger partial charge on any atom is 0.214 e. The summed E-state index contributed by atoms with van der Waals surface area (Å²) in [6.07, 6.45) is 6.09. The van der Waals surface area contributed by atoms with Crippen LogP contribution in [0.25, 0.3) is 0 Å². The summed E-state index contributed by atoms with van der Waals surface area (Å²) >= 11 is 0. The van der Waals surface area contributed by atoms with Crippen LogP contribution in [0.2, 0.25) is 13.1 Å². The highest BCUT2D eigenvalue weighted by atomic mass is 28.3. The van der Waals surface area contributed by atoms with Gasteiger partial charge in [-0.05, 0) is 31.3 Å². The molecule has 0 atom stereocenters. The van der Waals surface area contributed by atoms with E-state index in [1.54, 1.807) is 12.1 Å². The highest BCUT2D eigenvalue weighted by Gasteiger charge is 2.40.